The molecule has 1 saturated heterocycles. The van der Waals surface area contributed by atoms with Crippen molar-refractivity contribution in [2.24, 2.45) is 5.92 Å². The number of ether oxygens (including phenoxy) is 1. The molecule has 0 aliphatic carbocycles. The third-order valence-electron chi connectivity index (χ3n) is 5.46. The Bertz CT molecular complexity index is 745. The van der Waals surface area contributed by atoms with Gasteiger partial charge in [-0.25, -0.2) is 13.2 Å². The smallest absolute Gasteiger partial charge is 0.126 e. The molecule has 0 bridgehead atoms. The molecule has 0 radical (unpaired) electrons. The summed E-state index contributed by atoms with van der Waals surface area (Å²) in [5.41, 5.74) is 1.23. The largest absolute Gasteiger partial charge is 0.372 e. The first-order valence-electron chi connectivity index (χ1n) is 10.8. The zero-order valence-corrected chi connectivity index (χ0v) is 17.3. The van der Waals surface area contributed by atoms with Crippen molar-refractivity contribution in [3.8, 4) is 11.3 Å². The molecule has 164 valence electrons. The van der Waals surface area contributed by atoms with Crippen LogP contribution >= 0.6 is 0 Å². The number of unbranched alkanes of at least 4 members (excludes halogenated alkanes) is 1. The normalized spacial score (nSPS) is 18.2. The Balaban J connectivity index is 1.32. The van der Waals surface area contributed by atoms with Crippen molar-refractivity contribution in [2.75, 3.05) is 19.7 Å². The minimum absolute atomic E-state index is 0.0313. The molecule has 1 aliphatic rings. The number of hydrogen-bond donors (Lipinski definition) is 1. The van der Waals surface area contributed by atoms with Crippen LogP contribution in [-0.2, 0) is 11.3 Å². The summed E-state index contributed by atoms with van der Waals surface area (Å²) in [6, 6.07) is 6.49. The monoisotopic (exact) mass is 421 g/mol. The fourth-order valence-corrected chi connectivity index (χ4v) is 3.80. The van der Waals surface area contributed by atoms with E-state index in [4.69, 9.17) is 4.74 Å². The van der Waals surface area contributed by atoms with Gasteiger partial charge in [0.15, 0.2) is 0 Å². The van der Waals surface area contributed by atoms with Crippen molar-refractivity contribution in [3.05, 3.63) is 47.7 Å². The van der Waals surface area contributed by atoms with Crippen molar-refractivity contribution in [3.63, 3.8) is 0 Å². The zero-order chi connectivity index (χ0) is 21.2. The van der Waals surface area contributed by atoms with Crippen LogP contribution in [0.3, 0.4) is 0 Å². The van der Waals surface area contributed by atoms with Crippen LogP contribution in [0.2, 0.25) is 0 Å². The van der Waals surface area contributed by atoms with E-state index in [1.807, 2.05) is 0 Å². The van der Waals surface area contributed by atoms with E-state index < -0.39 is 17.8 Å². The van der Waals surface area contributed by atoms with E-state index in [1.165, 1.54) is 31.4 Å². The lowest BCUT2D eigenvalue weighted by molar-refractivity contribution is 0.0632. The van der Waals surface area contributed by atoms with Gasteiger partial charge in [-0.1, -0.05) is 19.3 Å². The quantitative estimate of drug-likeness (QED) is 0.534. The van der Waals surface area contributed by atoms with Gasteiger partial charge in [0, 0.05) is 11.6 Å². The van der Waals surface area contributed by atoms with Crippen LogP contribution in [-0.4, -0.2) is 36.1 Å². The minimum atomic E-state index is -0.986. The van der Waals surface area contributed by atoms with Crippen LogP contribution in [0.1, 0.15) is 50.6 Å². The molecule has 1 aromatic carbocycles. The van der Waals surface area contributed by atoms with Crippen molar-refractivity contribution in [1.29, 1.82) is 0 Å². The number of nitrogens with zero attached hydrogens (tertiary/aromatic N) is 2. The molecule has 2 atom stereocenters. The van der Waals surface area contributed by atoms with Gasteiger partial charge in [0.2, 0.25) is 0 Å². The van der Waals surface area contributed by atoms with Crippen molar-refractivity contribution in [2.45, 2.75) is 57.7 Å². The van der Waals surface area contributed by atoms with E-state index in [2.05, 4.69) is 15.5 Å². The Morgan fingerprint density at radius 1 is 1.07 bits per heavy atom. The molecule has 30 heavy (non-hydrogen) atoms. The predicted octanol–water partition coefficient (Wildman–Crippen LogP) is 5.23. The summed E-state index contributed by atoms with van der Waals surface area (Å²) >= 11 is 0. The Kier molecular flexibility index (Phi) is 9.08. The maximum atomic E-state index is 14.1. The average Bonchev–Trinajstić information content (AvgIpc) is 3.00. The van der Waals surface area contributed by atoms with Crippen LogP contribution in [0.15, 0.2) is 30.3 Å². The number of benzene rings is 1. The maximum Gasteiger partial charge on any atom is 0.126 e. The van der Waals surface area contributed by atoms with Crippen molar-refractivity contribution < 1.29 is 17.9 Å². The van der Waals surface area contributed by atoms with E-state index in [9.17, 15) is 13.2 Å². The van der Waals surface area contributed by atoms with Crippen LogP contribution in [0.25, 0.3) is 11.3 Å². The summed E-state index contributed by atoms with van der Waals surface area (Å²) in [6.07, 6.45) is 6.45. The highest BCUT2D eigenvalue weighted by Gasteiger charge is 2.13. The molecule has 1 aliphatic heterocycles. The van der Waals surface area contributed by atoms with Crippen LogP contribution in [0.5, 0.6) is 0 Å². The highest BCUT2D eigenvalue weighted by Crippen LogP contribution is 2.20. The minimum Gasteiger partial charge on any atom is -0.372 e. The number of hydrogen-bond acceptors (Lipinski definition) is 4. The molecule has 2 aromatic rings. The van der Waals surface area contributed by atoms with Gasteiger partial charge in [0.05, 0.1) is 24.6 Å². The first-order chi connectivity index (χ1) is 14.6. The second kappa shape index (κ2) is 12.0. The Hall–Kier alpha value is -1.99. The summed E-state index contributed by atoms with van der Waals surface area (Å²) in [4.78, 5) is 0. The van der Waals surface area contributed by atoms with Gasteiger partial charge in [-0.15, -0.1) is 0 Å². The van der Waals surface area contributed by atoms with Gasteiger partial charge < -0.3 is 10.1 Å². The number of halogens is 3. The van der Waals surface area contributed by atoms with Gasteiger partial charge in [-0.05, 0) is 69.0 Å². The lowest BCUT2D eigenvalue weighted by Gasteiger charge is -2.14. The SMILES string of the molecule is Fc1cc(F)cc(-c2ccc(COC[C@@H](F)CCCCC3CCCCNC3)nn2)c1. The van der Waals surface area contributed by atoms with Gasteiger partial charge >= 0.3 is 0 Å². The first kappa shape index (κ1) is 22.7. The Morgan fingerprint density at radius 2 is 1.90 bits per heavy atom. The van der Waals surface area contributed by atoms with E-state index in [-0.39, 0.29) is 13.2 Å². The highest BCUT2D eigenvalue weighted by molar-refractivity contribution is 5.58. The fraction of sp³-hybridized carbons (Fsp3) is 0.565. The topological polar surface area (TPSA) is 47.0 Å². The molecule has 4 nitrogen and oxygen atoms in total. The predicted molar refractivity (Wildman–Crippen MR) is 111 cm³/mol. The number of aromatic nitrogens is 2. The van der Waals surface area contributed by atoms with E-state index in [0.717, 1.165) is 44.3 Å². The van der Waals surface area contributed by atoms with E-state index >= 15 is 0 Å². The zero-order valence-electron chi connectivity index (χ0n) is 17.3. The molecular formula is C23H30F3N3O. The van der Waals surface area contributed by atoms with Crippen LogP contribution in [0.4, 0.5) is 13.2 Å². The molecule has 1 aromatic heterocycles. The average molecular weight is 422 g/mol. The molecule has 1 unspecified atom stereocenters. The summed E-state index contributed by atoms with van der Waals surface area (Å²) in [5, 5.41) is 11.4. The van der Waals surface area contributed by atoms with Gasteiger partial charge in [0.1, 0.15) is 17.8 Å². The first-order valence-corrected chi connectivity index (χ1v) is 10.8. The molecule has 0 saturated carbocycles. The lowest BCUT2D eigenvalue weighted by Crippen LogP contribution is -2.20. The molecular weight excluding hydrogens is 391 g/mol. The van der Waals surface area contributed by atoms with Gasteiger partial charge in [0.25, 0.3) is 0 Å². The van der Waals surface area contributed by atoms with Crippen LogP contribution < -0.4 is 5.32 Å². The Morgan fingerprint density at radius 3 is 2.67 bits per heavy atom. The molecule has 2 heterocycles. The standard InChI is InChI=1S/C23H30F3N3O/c24-19(7-2-1-5-17-6-3-4-10-27-14-17)15-30-16-22-8-9-23(29-28-22)18-11-20(25)13-21(26)12-18/h8-9,11-13,17,19,27H,1-7,10,14-16H2/t17?,19-/m0/s1. The van der Waals surface area contributed by atoms with Gasteiger partial charge in [-0.2, -0.15) is 10.2 Å². The number of alkyl halides is 1. The molecule has 0 amide bonds. The third-order valence-corrected chi connectivity index (χ3v) is 5.46. The molecule has 1 fully saturated rings. The maximum absolute atomic E-state index is 14.1. The summed E-state index contributed by atoms with van der Waals surface area (Å²) in [7, 11) is 0. The third kappa shape index (κ3) is 7.69. The van der Waals surface area contributed by atoms with Crippen LogP contribution in [0, 0.1) is 17.6 Å². The molecule has 3 rings (SSSR count). The summed E-state index contributed by atoms with van der Waals surface area (Å²) in [6.45, 7) is 2.40. The summed E-state index contributed by atoms with van der Waals surface area (Å²) in [5.74, 6) is -0.606. The lowest BCUT2D eigenvalue weighted by atomic mass is 9.96. The fourth-order valence-electron chi connectivity index (χ4n) is 3.80. The second-order valence-electron chi connectivity index (χ2n) is 8.03. The molecule has 7 heteroatoms. The second-order valence-corrected chi connectivity index (χ2v) is 8.03. The number of rotatable bonds is 10. The summed E-state index contributed by atoms with van der Waals surface area (Å²) < 4.78 is 46.1. The van der Waals surface area contributed by atoms with Gasteiger partial charge in [-0.3, -0.25) is 0 Å². The molecule has 1 N–H and O–H groups in total. The molecule has 0 spiro atoms. The van der Waals surface area contributed by atoms with E-state index in [0.29, 0.717) is 23.4 Å². The van der Waals surface area contributed by atoms with Crippen molar-refractivity contribution >= 4 is 0 Å². The highest BCUT2D eigenvalue weighted by atomic mass is 19.1. The number of nitrogens with one attached hydrogen (secondary N) is 1. The van der Waals surface area contributed by atoms with E-state index in [1.54, 1.807) is 12.1 Å². The van der Waals surface area contributed by atoms with Crippen molar-refractivity contribution in [1.82, 2.24) is 15.5 Å². The Labute approximate surface area is 176 Å².